The first-order chi connectivity index (χ1) is 6.36. The van der Waals surface area contributed by atoms with Crippen molar-refractivity contribution in [3.63, 3.8) is 0 Å². The Morgan fingerprint density at radius 3 is 2.54 bits per heavy atom. The molecule has 1 fully saturated rings. The molecular weight excluding hydrogens is 164 g/mol. The van der Waals surface area contributed by atoms with Gasteiger partial charge in [0.2, 0.25) is 0 Å². The van der Waals surface area contributed by atoms with Crippen molar-refractivity contribution in [2.75, 3.05) is 39.3 Å². The molecule has 0 N–H and O–H groups in total. The second-order valence-electron chi connectivity index (χ2n) is 3.58. The van der Waals surface area contributed by atoms with Gasteiger partial charge in [0.05, 0.1) is 0 Å². The van der Waals surface area contributed by atoms with E-state index >= 15 is 0 Å². The normalized spacial score (nSPS) is 21.3. The van der Waals surface area contributed by atoms with Crippen molar-refractivity contribution in [1.29, 1.82) is 0 Å². The highest BCUT2D eigenvalue weighted by Gasteiger charge is 2.12. The van der Waals surface area contributed by atoms with E-state index in [-0.39, 0.29) is 0 Å². The van der Waals surface area contributed by atoms with Gasteiger partial charge in [-0.1, -0.05) is 6.92 Å². The largest absolute Gasteiger partial charge is 0.303 e. The third-order valence-corrected chi connectivity index (χ3v) is 2.69. The van der Waals surface area contributed by atoms with Gasteiger partial charge in [0, 0.05) is 26.1 Å². The molecule has 3 heteroatoms. The van der Waals surface area contributed by atoms with E-state index in [2.05, 4.69) is 16.7 Å². The third kappa shape index (κ3) is 3.87. The highest BCUT2D eigenvalue weighted by molar-refractivity contribution is 5.49. The van der Waals surface area contributed by atoms with Crippen molar-refractivity contribution in [2.24, 2.45) is 0 Å². The number of likely N-dealkylation sites (N-methyl/N-ethyl adjacent to an activating group) is 1. The van der Waals surface area contributed by atoms with Gasteiger partial charge in [-0.15, -0.1) is 0 Å². The number of hydrogen-bond donors (Lipinski definition) is 0. The minimum atomic E-state index is 0.687. The van der Waals surface area contributed by atoms with Crippen LogP contribution in [0.15, 0.2) is 0 Å². The van der Waals surface area contributed by atoms with E-state index in [0.29, 0.717) is 6.42 Å². The smallest absolute Gasteiger partial charge is 0.121 e. The molecule has 0 bridgehead atoms. The lowest BCUT2D eigenvalue weighted by Crippen LogP contribution is -2.31. The standard InChI is InChI=1S/C10H20N2O/c1-2-11-5-3-6-12(9-8-11)7-4-10-13/h10H,2-9H2,1H3. The fourth-order valence-corrected chi connectivity index (χ4v) is 1.80. The summed E-state index contributed by atoms with van der Waals surface area (Å²) >= 11 is 0. The number of carbonyl (C=O) groups is 1. The molecule has 0 atom stereocenters. The molecule has 0 aromatic rings. The highest BCUT2D eigenvalue weighted by Crippen LogP contribution is 2.02. The summed E-state index contributed by atoms with van der Waals surface area (Å²) in [5.74, 6) is 0. The number of carbonyl (C=O) groups excluding carboxylic acids is 1. The van der Waals surface area contributed by atoms with Crippen LogP contribution >= 0.6 is 0 Å². The number of rotatable bonds is 4. The zero-order chi connectivity index (χ0) is 9.52. The molecule has 1 aliphatic rings. The summed E-state index contributed by atoms with van der Waals surface area (Å²) in [6, 6.07) is 0. The van der Waals surface area contributed by atoms with E-state index in [1.807, 2.05) is 0 Å². The van der Waals surface area contributed by atoms with E-state index in [9.17, 15) is 4.79 Å². The van der Waals surface area contributed by atoms with Crippen LogP contribution in [-0.4, -0.2) is 55.4 Å². The molecule has 0 aromatic heterocycles. The lowest BCUT2D eigenvalue weighted by molar-refractivity contribution is -0.108. The van der Waals surface area contributed by atoms with Crippen LogP contribution in [0.4, 0.5) is 0 Å². The third-order valence-electron chi connectivity index (χ3n) is 2.69. The highest BCUT2D eigenvalue weighted by atomic mass is 16.1. The van der Waals surface area contributed by atoms with Gasteiger partial charge in [-0.05, 0) is 26.1 Å². The van der Waals surface area contributed by atoms with Gasteiger partial charge in [0.1, 0.15) is 6.29 Å². The zero-order valence-corrected chi connectivity index (χ0v) is 8.54. The average molecular weight is 184 g/mol. The molecule has 0 aliphatic carbocycles. The number of nitrogens with zero attached hydrogens (tertiary/aromatic N) is 2. The minimum absolute atomic E-state index is 0.687. The van der Waals surface area contributed by atoms with Gasteiger partial charge >= 0.3 is 0 Å². The molecule has 0 radical (unpaired) electrons. The van der Waals surface area contributed by atoms with Crippen LogP contribution in [-0.2, 0) is 4.79 Å². The van der Waals surface area contributed by atoms with E-state index in [1.54, 1.807) is 0 Å². The fraction of sp³-hybridized carbons (Fsp3) is 0.900. The van der Waals surface area contributed by atoms with Gasteiger partial charge in [0.15, 0.2) is 0 Å². The second kappa shape index (κ2) is 6.11. The molecule has 0 unspecified atom stereocenters. The van der Waals surface area contributed by atoms with Gasteiger partial charge < -0.3 is 14.6 Å². The monoisotopic (exact) mass is 184 g/mol. The molecule has 0 saturated carbocycles. The number of hydrogen-bond acceptors (Lipinski definition) is 3. The fourth-order valence-electron chi connectivity index (χ4n) is 1.80. The maximum atomic E-state index is 10.2. The maximum absolute atomic E-state index is 10.2. The Morgan fingerprint density at radius 1 is 1.15 bits per heavy atom. The van der Waals surface area contributed by atoms with Gasteiger partial charge in [0.25, 0.3) is 0 Å². The molecule has 0 aromatic carbocycles. The molecule has 0 spiro atoms. The van der Waals surface area contributed by atoms with Crippen LogP contribution < -0.4 is 0 Å². The van der Waals surface area contributed by atoms with Crippen LogP contribution in [0.5, 0.6) is 0 Å². The summed E-state index contributed by atoms with van der Waals surface area (Å²) in [7, 11) is 0. The van der Waals surface area contributed by atoms with Crippen LogP contribution in [0.2, 0.25) is 0 Å². The number of aldehydes is 1. The van der Waals surface area contributed by atoms with Crippen LogP contribution in [0.1, 0.15) is 19.8 Å². The van der Waals surface area contributed by atoms with Crippen molar-refractivity contribution in [2.45, 2.75) is 19.8 Å². The van der Waals surface area contributed by atoms with Crippen molar-refractivity contribution in [3.8, 4) is 0 Å². The quantitative estimate of drug-likeness (QED) is 0.598. The molecule has 3 nitrogen and oxygen atoms in total. The SMILES string of the molecule is CCN1CCCN(CCC=O)CC1. The molecule has 1 aliphatic heterocycles. The van der Waals surface area contributed by atoms with Gasteiger partial charge in [-0.25, -0.2) is 0 Å². The molecule has 76 valence electrons. The zero-order valence-electron chi connectivity index (χ0n) is 8.54. The Kier molecular flexibility index (Phi) is 5.01. The van der Waals surface area contributed by atoms with Crippen molar-refractivity contribution < 1.29 is 4.79 Å². The first-order valence-corrected chi connectivity index (χ1v) is 5.25. The van der Waals surface area contributed by atoms with E-state index in [1.165, 1.54) is 13.0 Å². The van der Waals surface area contributed by atoms with Crippen molar-refractivity contribution >= 4 is 6.29 Å². The van der Waals surface area contributed by atoms with Crippen LogP contribution in [0.3, 0.4) is 0 Å². The first-order valence-electron chi connectivity index (χ1n) is 5.25. The maximum Gasteiger partial charge on any atom is 0.121 e. The van der Waals surface area contributed by atoms with E-state index < -0.39 is 0 Å². The molecule has 0 amide bonds. The average Bonchev–Trinajstić information content (AvgIpc) is 2.39. The summed E-state index contributed by atoms with van der Waals surface area (Å²) in [4.78, 5) is 15.1. The lowest BCUT2D eigenvalue weighted by Gasteiger charge is -2.19. The van der Waals surface area contributed by atoms with Crippen LogP contribution in [0, 0.1) is 0 Å². The topological polar surface area (TPSA) is 23.6 Å². The predicted molar refractivity (Wildman–Crippen MR) is 53.9 cm³/mol. The minimum Gasteiger partial charge on any atom is -0.303 e. The van der Waals surface area contributed by atoms with Gasteiger partial charge in [-0.2, -0.15) is 0 Å². The second-order valence-corrected chi connectivity index (χ2v) is 3.58. The van der Waals surface area contributed by atoms with Crippen LogP contribution in [0.25, 0.3) is 0 Å². The summed E-state index contributed by atoms with van der Waals surface area (Å²) in [6.45, 7) is 8.97. The van der Waals surface area contributed by atoms with Gasteiger partial charge in [-0.3, -0.25) is 0 Å². The summed E-state index contributed by atoms with van der Waals surface area (Å²) in [5.41, 5.74) is 0. The molecule has 1 saturated heterocycles. The molecule has 13 heavy (non-hydrogen) atoms. The van der Waals surface area contributed by atoms with E-state index in [0.717, 1.165) is 39.0 Å². The molecule has 1 heterocycles. The Bertz CT molecular complexity index is 150. The molecule has 1 rings (SSSR count). The van der Waals surface area contributed by atoms with Crippen molar-refractivity contribution in [1.82, 2.24) is 9.80 Å². The first kappa shape index (κ1) is 10.7. The predicted octanol–water partition coefficient (Wildman–Crippen LogP) is 0.603. The Balaban J connectivity index is 2.23. The summed E-state index contributed by atoms with van der Waals surface area (Å²) in [5, 5.41) is 0. The Morgan fingerprint density at radius 2 is 1.85 bits per heavy atom. The summed E-state index contributed by atoms with van der Waals surface area (Å²) in [6.07, 6.45) is 2.95. The van der Waals surface area contributed by atoms with Crippen molar-refractivity contribution in [3.05, 3.63) is 0 Å². The summed E-state index contributed by atoms with van der Waals surface area (Å²) < 4.78 is 0. The Hall–Kier alpha value is -0.410. The molecular formula is C10H20N2O. The lowest BCUT2D eigenvalue weighted by atomic mass is 10.3. The van der Waals surface area contributed by atoms with E-state index in [4.69, 9.17) is 0 Å². The Labute approximate surface area is 80.7 Å².